The smallest absolute Gasteiger partial charge is 0.405 e. The van der Waals surface area contributed by atoms with Crippen molar-refractivity contribution in [3.05, 3.63) is 59.4 Å². The largest absolute Gasteiger partial charge is 0.573 e. The van der Waals surface area contributed by atoms with Gasteiger partial charge in [0.1, 0.15) is 5.75 Å². The molecule has 1 atom stereocenters. The van der Waals surface area contributed by atoms with Gasteiger partial charge in [0.15, 0.2) is 0 Å². The molecule has 0 bridgehead atoms. The van der Waals surface area contributed by atoms with Gasteiger partial charge in [-0.3, -0.25) is 10.8 Å². The molecule has 0 aliphatic carbocycles. The molecule has 0 spiro atoms. The molecule has 0 fully saturated rings. The minimum atomic E-state index is -4.76. The first kappa shape index (κ1) is 15.3. The van der Waals surface area contributed by atoms with Crippen LogP contribution < -0.4 is 16.0 Å². The zero-order valence-electron chi connectivity index (χ0n) is 11.2. The molecular weight excluding hydrogens is 283 g/mol. The maximum Gasteiger partial charge on any atom is 0.573 e. The third-order valence-corrected chi connectivity index (χ3v) is 2.88. The summed E-state index contributed by atoms with van der Waals surface area (Å²) >= 11 is 0. The van der Waals surface area contributed by atoms with Gasteiger partial charge in [0.25, 0.3) is 0 Å². The average molecular weight is 297 g/mol. The number of nitrogens with zero attached hydrogens (tertiary/aromatic N) is 1. The summed E-state index contributed by atoms with van der Waals surface area (Å²) in [5.41, 5.74) is 4.24. The number of hydrogen-bond donors (Lipinski definition) is 2. The Morgan fingerprint density at radius 1 is 1.24 bits per heavy atom. The molecule has 1 heterocycles. The Hall–Kier alpha value is -2.12. The summed E-state index contributed by atoms with van der Waals surface area (Å²) in [7, 11) is 0. The van der Waals surface area contributed by atoms with Crippen LogP contribution in [0.4, 0.5) is 13.2 Å². The molecule has 0 aliphatic rings. The molecule has 112 valence electrons. The highest BCUT2D eigenvalue weighted by atomic mass is 19.4. The van der Waals surface area contributed by atoms with Gasteiger partial charge in [-0.25, -0.2) is 5.43 Å². The Balaban J connectivity index is 2.43. The Kier molecular flexibility index (Phi) is 4.44. The standard InChI is InChI=1S/C14H14F3N3O/c1-9-8-10(6-7-19-9)13(20-18)11-4-2-3-5-12(11)21-14(15,16)17/h2-8,13,20H,18H2,1H3. The van der Waals surface area contributed by atoms with Gasteiger partial charge < -0.3 is 4.74 Å². The van der Waals surface area contributed by atoms with Crippen molar-refractivity contribution in [1.82, 2.24) is 10.4 Å². The average Bonchev–Trinajstić information content (AvgIpc) is 2.40. The number of hydrazine groups is 1. The van der Waals surface area contributed by atoms with Crippen LogP contribution in [0, 0.1) is 6.92 Å². The highest BCUT2D eigenvalue weighted by Crippen LogP contribution is 2.33. The number of nitrogens with two attached hydrogens (primary N) is 1. The van der Waals surface area contributed by atoms with Gasteiger partial charge in [-0.05, 0) is 30.7 Å². The van der Waals surface area contributed by atoms with E-state index in [1.807, 2.05) is 0 Å². The van der Waals surface area contributed by atoms with Crippen molar-refractivity contribution in [2.75, 3.05) is 0 Å². The third kappa shape index (κ3) is 3.93. The second-order valence-corrected chi connectivity index (χ2v) is 4.42. The molecular formula is C14H14F3N3O. The second-order valence-electron chi connectivity index (χ2n) is 4.42. The van der Waals surface area contributed by atoms with Gasteiger partial charge in [-0.2, -0.15) is 0 Å². The molecule has 3 N–H and O–H groups in total. The number of hydrogen-bond acceptors (Lipinski definition) is 4. The fourth-order valence-corrected chi connectivity index (χ4v) is 2.05. The molecule has 0 amide bonds. The van der Waals surface area contributed by atoms with Gasteiger partial charge in [-0.15, -0.1) is 13.2 Å². The Labute approximate surface area is 119 Å². The van der Waals surface area contributed by atoms with Gasteiger partial charge in [0.05, 0.1) is 6.04 Å². The number of nitrogens with one attached hydrogen (secondary N) is 1. The van der Waals surface area contributed by atoms with E-state index in [-0.39, 0.29) is 5.75 Å². The molecule has 1 unspecified atom stereocenters. The quantitative estimate of drug-likeness (QED) is 0.673. The van der Waals surface area contributed by atoms with Gasteiger partial charge in [0, 0.05) is 17.5 Å². The number of rotatable bonds is 4. The van der Waals surface area contributed by atoms with Crippen LogP contribution in [-0.4, -0.2) is 11.3 Å². The molecule has 2 aromatic rings. The zero-order chi connectivity index (χ0) is 15.5. The molecule has 4 nitrogen and oxygen atoms in total. The molecule has 0 aliphatic heterocycles. The number of benzene rings is 1. The van der Waals surface area contributed by atoms with E-state index in [0.29, 0.717) is 11.1 Å². The molecule has 0 saturated carbocycles. The number of alkyl halides is 3. The van der Waals surface area contributed by atoms with E-state index in [2.05, 4.69) is 15.1 Å². The van der Waals surface area contributed by atoms with Crippen molar-refractivity contribution in [3.8, 4) is 5.75 Å². The number of pyridine rings is 1. The summed E-state index contributed by atoms with van der Waals surface area (Å²) in [6.07, 6.45) is -3.19. The molecule has 21 heavy (non-hydrogen) atoms. The lowest BCUT2D eigenvalue weighted by atomic mass is 9.99. The summed E-state index contributed by atoms with van der Waals surface area (Å²) in [5.74, 6) is 5.22. The first-order valence-corrected chi connectivity index (χ1v) is 6.14. The van der Waals surface area contributed by atoms with Crippen LogP contribution in [0.2, 0.25) is 0 Å². The summed E-state index contributed by atoms with van der Waals surface area (Å²) in [5, 5.41) is 0. The van der Waals surface area contributed by atoms with Crippen molar-refractivity contribution in [2.45, 2.75) is 19.3 Å². The van der Waals surface area contributed by atoms with E-state index in [1.165, 1.54) is 18.2 Å². The predicted octanol–water partition coefficient (Wildman–Crippen LogP) is 2.84. The van der Waals surface area contributed by atoms with Crippen molar-refractivity contribution in [2.24, 2.45) is 5.84 Å². The fourth-order valence-electron chi connectivity index (χ4n) is 2.05. The summed E-state index contributed by atoms with van der Waals surface area (Å²) < 4.78 is 41.5. The lowest BCUT2D eigenvalue weighted by Gasteiger charge is -2.21. The molecule has 0 saturated heterocycles. The van der Waals surface area contributed by atoms with Crippen molar-refractivity contribution in [3.63, 3.8) is 0 Å². The van der Waals surface area contributed by atoms with Crippen molar-refractivity contribution in [1.29, 1.82) is 0 Å². The van der Waals surface area contributed by atoms with E-state index in [0.717, 1.165) is 5.69 Å². The highest BCUT2D eigenvalue weighted by molar-refractivity contribution is 5.41. The summed E-state index contributed by atoms with van der Waals surface area (Å²) in [4.78, 5) is 4.05. The first-order valence-electron chi connectivity index (χ1n) is 6.14. The van der Waals surface area contributed by atoms with Crippen LogP contribution in [-0.2, 0) is 0 Å². The van der Waals surface area contributed by atoms with Gasteiger partial charge in [-0.1, -0.05) is 18.2 Å². The molecule has 1 aromatic carbocycles. The molecule has 2 rings (SSSR count). The Morgan fingerprint density at radius 2 is 1.95 bits per heavy atom. The maximum atomic E-state index is 12.5. The minimum Gasteiger partial charge on any atom is -0.405 e. The van der Waals surface area contributed by atoms with E-state index >= 15 is 0 Å². The molecule has 7 heteroatoms. The number of aromatic nitrogens is 1. The van der Waals surface area contributed by atoms with Crippen molar-refractivity contribution < 1.29 is 17.9 Å². The third-order valence-electron chi connectivity index (χ3n) is 2.88. The van der Waals surface area contributed by atoms with E-state index in [4.69, 9.17) is 5.84 Å². The Morgan fingerprint density at radius 3 is 2.57 bits per heavy atom. The lowest BCUT2D eigenvalue weighted by Crippen LogP contribution is -2.30. The number of halogens is 3. The number of aryl methyl sites for hydroxylation is 1. The second kappa shape index (κ2) is 6.11. The zero-order valence-corrected chi connectivity index (χ0v) is 11.2. The molecule has 1 aromatic heterocycles. The van der Waals surface area contributed by atoms with Gasteiger partial charge >= 0.3 is 6.36 Å². The maximum absolute atomic E-state index is 12.5. The van der Waals surface area contributed by atoms with Gasteiger partial charge in [0.2, 0.25) is 0 Å². The highest BCUT2D eigenvalue weighted by Gasteiger charge is 2.33. The number of ether oxygens (including phenoxy) is 1. The van der Waals surface area contributed by atoms with Crippen LogP contribution in [0.5, 0.6) is 5.75 Å². The fraction of sp³-hybridized carbons (Fsp3) is 0.214. The van der Waals surface area contributed by atoms with E-state index in [1.54, 1.807) is 31.3 Å². The summed E-state index contributed by atoms with van der Waals surface area (Å²) in [6.45, 7) is 1.79. The van der Waals surface area contributed by atoms with Crippen LogP contribution in [0.3, 0.4) is 0 Å². The van der Waals surface area contributed by atoms with E-state index in [9.17, 15) is 13.2 Å². The van der Waals surface area contributed by atoms with E-state index < -0.39 is 12.4 Å². The minimum absolute atomic E-state index is 0.289. The van der Waals surface area contributed by atoms with Crippen molar-refractivity contribution >= 4 is 0 Å². The predicted molar refractivity (Wildman–Crippen MR) is 71.3 cm³/mol. The SMILES string of the molecule is Cc1cc(C(NN)c2ccccc2OC(F)(F)F)ccn1. The monoisotopic (exact) mass is 297 g/mol. The normalized spacial score (nSPS) is 13.0. The number of para-hydroxylation sites is 1. The topological polar surface area (TPSA) is 60.2 Å². The van der Waals surface area contributed by atoms with Crippen LogP contribution in [0.25, 0.3) is 0 Å². The van der Waals surface area contributed by atoms with Crippen LogP contribution >= 0.6 is 0 Å². The Bertz CT molecular complexity index is 616. The van der Waals surface area contributed by atoms with Crippen LogP contribution in [0.15, 0.2) is 42.6 Å². The summed E-state index contributed by atoms with van der Waals surface area (Å²) in [6, 6.07) is 8.66. The van der Waals surface area contributed by atoms with Crippen LogP contribution in [0.1, 0.15) is 22.9 Å². The lowest BCUT2D eigenvalue weighted by molar-refractivity contribution is -0.275. The molecule has 0 radical (unpaired) electrons. The first-order chi connectivity index (χ1) is 9.90.